The van der Waals surface area contributed by atoms with E-state index in [1.165, 1.54) is 5.57 Å². The normalized spacial score (nSPS) is 21.5. The van der Waals surface area contributed by atoms with Gasteiger partial charge in [-0.2, -0.15) is 0 Å². The Hall–Kier alpha value is 0.314. The van der Waals surface area contributed by atoms with Crippen molar-refractivity contribution in [2.45, 2.75) is 41.0 Å². The molecule has 1 radical (unpaired) electrons. The van der Waals surface area contributed by atoms with Gasteiger partial charge in [-0.1, -0.05) is 37.7 Å². The van der Waals surface area contributed by atoms with Crippen LogP contribution in [-0.4, -0.2) is 10.8 Å². The summed E-state index contributed by atoms with van der Waals surface area (Å²) >= 11 is 0. The van der Waals surface area contributed by atoms with Crippen molar-refractivity contribution in [3.63, 3.8) is 0 Å². The molecule has 2 atom stereocenters. The molecule has 0 aliphatic carbocycles. The predicted molar refractivity (Wildman–Crippen MR) is 58.1 cm³/mol. The Labute approximate surface area is 118 Å². The SMILES string of the molecule is CC[C@H](C)[C@H]1[CH-]N(C(C)=C(C)C)C1=O.[Y]. The zero-order valence-corrected chi connectivity index (χ0v) is 13.2. The van der Waals surface area contributed by atoms with Gasteiger partial charge in [-0.3, -0.25) is 4.79 Å². The van der Waals surface area contributed by atoms with E-state index in [1.54, 1.807) is 4.90 Å². The Bertz CT molecular complexity index is 269. The van der Waals surface area contributed by atoms with Crippen molar-refractivity contribution in [1.82, 2.24) is 4.90 Å². The minimum atomic E-state index is 0. The van der Waals surface area contributed by atoms with Gasteiger partial charge in [0.1, 0.15) is 0 Å². The maximum Gasteiger partial charge on any atom is 0.172 e. The number of carbonyl (C=O) groups is 1. The van der Waals surface area contributed by atoms with E-state index < -0.39 is 0 Å². The van der Waals surface area contributed by atoms with Gasteiger partial charge in [-0.25, -0.2) is 6.54 Å². The number of hydrogen-bond donors (Lipinski definition) is 0. The van der Waals surface area contributed by atoms with E-state index in [-0.39, 0.29) is 44.5 Å². The molecule has 1 amide bonds. The van der Waals surface area contributed by atoms with Crippen LogP contribution in [0, 0.1) is 18.4 Å². The number of hydrogen-bond acceptors (Lipinski definition) is 1. The fourth-order valence-corrected chi connectivity index (χ4v) is 1.54. The van der Waals surface area contributed by atoms with Gasteiger partial charge >= 0.3 is 0 Å². The zero-order chi connectivity index (χ0) is 10.9. The maximum atomic E-state index is 11.8. The summed E-state index contributed by atoms with van der Waals surface area (Å²) in [4.78, 5) is 13.6. The van der Waals surface area contributed by atoms with E-state index in [1.807, 2.05) is 20.8 Å². The van der Waals surface area contributed by atoms with Crippen LogP contribution >= 0.6 is 0 Å². The van der Waals surface area contributed by atoms with Crippen molar-refractivity contribution in [3.05, 3.63) is 17.8 Å². The van der Waals surface area contributed by atoms with Crippen molar-refractivity contribution in [1.29, 1.82) is 0 Å². The summed E-state index contributed by atoms with van der Waals surface area (Å²) in [7, 11) is 0. The first-order valence-corrected chi connectivity index (χ1v) is 5.31. The number of β-lactam (4-membered cyclic amide) rings is 1. The van der Waals surface area contributed by atoms with Crippen LogP contribution in [0.25, 0.3) is 0 Å². The molecule has 0 unspecified atom stereocenters. The Balaban J connectivity index is 0.00000196. The van der Waals surface area contributed by atoms with Crippen LogP contribution in [0.2, 0.25) is 0 Å². The summed E-state index contributed by atoms with van der Waals surface area (Å²) in [6.45, 7) is 12.4. The van der Waals surface area contributed by atoms with Crippen molar-refractivity contribution >= 4 is 5.91 Å². The van der Waals surface area contributed by atoms with Gasteiger partial charge in [0.05, 0.1) is 0 Å². The molecule has 0 aromatic rings. The van der Waals surface area contributed by atoms with Crippen LogP contribution in [0.1, 0.15) is 41.0 Å². The van der Waals surface area contributed by atoms with E-state index in [0.717, 1.165) is 12.1 Å². The first-order chi connectivity index (χ1) is 6.49. The molecule has 1 heterocycles. The van der Waals surface area contributed by atoms with E-state index in [0.29, 0.717) is 5.92 Å². The molecule has 1 aliphatic heterocycles. The van der Waals surface area contributed by atoms with Crippen molar-refractivity contribution in [2.75, 3.05) is 0 Å². The topological polar surface area (TPSA) is 20.3 Å². The number of carbonyl (C=O) groups excluding carboxylic acids is 1. The quantitative estimate of drug-likeness (QED) is 0.576. The Morgan fingerprint density at radius 2 is 2.00 bits per heavy atom. The van der Waals surface area contributed by atoms with Gasteiger partial charge in [0.25, 0.3) is 0 Å². The summed E-state index contributed by atoms with van der Waals surface area (Å²) in [5.41, 5.74) is 2.28. The standard InChI is InChI=1S/C12H20NO.Y/c1-6-9(4)11-7-13(12(11)14)10(5)8(2)3;/h7,9,11H,6H2,1-5H3;/q-1;/t9-,11+;/m0./s1. The first-order valence-electron chi connectivity index (χ1n) is 5.31. The van der Waals surface area contributed by atoms with Gasteiger partial charge in [-0.05, 0) is 26.5 Å². The van der Waals surface area contributed by atoms with Crippen LogP contribution in [0.5, 0.6) is 0 Å². The van der Waals surface area contributed by atoms with Gasteiger partial charge in [-0.15, -0.1) is 0 Å². The number of allylic oxidation sites excluding steroid dienone is 2. The van der Waals surface area contributed by atoms with Gasteiger partial charge in [0, 0.05) is 32.7 Å². The third-order valence-corrected chi connectivity index (χ3v) is 3.17. The molecular formula is C12H20NOY-. The van der Waals surface area contributed by atoms with Crippen molar-refractivity contribution in [2.24, 2.45) is 11.8 Å². The fourth-order valence-electron chi connectivity index (χ4n) is 1.54. The van der Waals surface area contributed by atoms with Crippen LogP contribution in [0.3, 0.4) is 0 Å². The molecule has 2 nitrogen and oxygen atoms in total. The monoisotopic (exact) mass is 283 g/mol. The Kier molecular flexibility index (Phi) is 6.28. The van der Waals surface area contributed by atoms with E-state index >= 15 is 0 Å². The summed E-state index contributed by atoms with van der Waals surface area (Å²) in [5.74, 6) is 0.885. The Morgan fingerprint density at radius 1 is 1.47 bits per heavy atom. The largest absolute Gasteiger partial charge is 0.470 e. The molecule has 1 aliphatic rings. The van der Waals surface area contributed by atoms with Crippen molar-refractivity contribution in [3.8, 4) is 0 Å². The molecule has 0 spiro atoms. The molecule has 0 aromatic heterocycles. The summed E-state index contributed by atoms with van der Waals surface area (Å²) in [5, 5.41) is 0. The number of likely N-dealkylation sites (tertiary alicyclic amines) is 1. The number of nitrogens with zero attached hydrogens (tertiary/aromatic N) is 1. The van der Waals surface area contributed by atoms with Gasteiger partial charge in [0.15, 0.2) is 5.91 Å². The van der Waals surface area contributed by atoms with E-state index in [9.17, 15) is 4.79 Å². The average molecular weight is 283 g/mol. The molecular weight excluding hydrogens is 263 g/mol. The maximum absolute atomic E-state index is 11.8. The fraction of sp³-hybridized carbons (Fsp3) is 0.667. The molecule has 0 saturated carbocycles. The van der Waals surface area contributed by atoms with E-state index in [4.69, 9.17) is 0 Å². The number of amides is 1. The van der Waals surface area contributed by atoms with E-state index in [2.05, 4.69) is 20.4 Å². The Morgan fingerprint density at radius 3 is 2.33 bits per heavy atom. The van der Waals surface area contributed by atoms with Crippen LogP contribution in [-0.2, 0) is 37.5 Å². The average Bonchev–Trinajstić information content (AvgIpc) is 2.14. The van der Waals surface area contributed by atoms with Crippen molar-refractivity contribution < 1.29 is 37.5 Å². The third-order valence-electron chi connectivity index (χ3n) is 3.17. The second kappa shape index (κ2) is 6.15. The molecule has 3 heteroatoms. The zero-order valence-electron chi connectivity index (χ0n) is 10.4. The second-order valence-corrected chi connectivity index (χ2v) is 4.35. The summed E-state index contributed by atoms with van der Waals surface area (Å²) < 4.78 is 0. The van der Waals surface area contributed by atoms with Gasteiger partial charge in [0.2, 0.25) is 0 Å². The molecule has 15 heavy (non-hydrogen) atoms. The minimum Gasteiger partial charge on any atom is -0.470 e. The molecule has 0 aromatic carbocycles. The molecule has 1 fully saturated rings. The minimum absolute atomic E-state index is 0. The molecule has 1 saturated heterocycles. The number of rotatable bonds is 3. The smallest absolute Gasteiger partial charge is 0.172 e. The van der Waals surface area contributed by atoms with Gasteiger partial charge < -0.3 is 4.90 Å². The molecule has 1 rings (SSSR count). The molecule has 0 N–H and O–H groups in total. The van der Waals surface area contributed by atoms with Crippen LogP contribution in [0.4, 0.5) is 0 Å². The molecule has 83 valence electrons. The third kappa shape index (κ3) is 3.13. The summed E-state index contributed by atoms with van der Waals surface area (Å²) in [6.07, 6.45) is 1.06. The predicted octanol–water partition coefficient (Wildman–Crippen LogP) is 2.96. The molecule has 0 bridgehead atoms. The first kappa shape index (κ1) is 15.3. The second-order valence-electron chi connectivity index (χ2n) is 4.35. The van der Waals surface area contributed by atoms with Crippen LogP contribution in [0.15, 0.2) is 11.3 Å². The summed E-state index contributed by atoms with van der Waals surface area (Å²) in [6, 6.07) is 0. The van der Waals surface area contributed by atoms with Crippen LogP contribution < -0.4 is 0 Å².